The van der Waals surface area contributed by atoms with E-state index in [4.69, 9.17) is 4.42 Å². The van der Waals surface area contributed by atoms with Crippen LogP contribution in [0.3, 0.4) is 0 Å². The number of piperidine rings is 1. The minimum absolute atomic E-state index is 0.0571. The highest BCUT2D eigenvalue weighted by molar-refractivity contribution is 5.96. The van der Waals surface area contributed by atoms with Crippen LogP contribution in [0, 0.1) is 5.82 Å². The summed E-state index contributed by atoms with van der Waals surface area (Å²) in [5.74, 6) is -1.02. The lowest BCUT2D eigenvalue weighted by Gasteiger charge is -2.32. The standard InChI is InChI=1S/C23H18FN3O5/c24-14-5-6-18-16(12-14)21(29)27(23(31)25-18)15-7-9-26(10-8-15)20(28)17-11-13-3-1-2-4-19(13)32-22(17)30/h1-6,11-12,15H,7-10H2,(H,25,31). The van der Waals surface area contributed by atoms with Gasteiger partial charge in [0.15, 0.2) is 0 Å². The Bertz CT molecular complexity index is 1540. The van der Waals surface area contributed by atoms with Gasteiger partial charge in [0.05, 0.1) is 10.9 Å². The molecule has 0 bridgehead atoms. The van der Waals surface area contributed by atoms with E-state index < -0.39 is 34.6 Å². The van der Waals surface area contributed by atoms with Crippen molar-refractivity contribution in [2.75, 3.05) is 13.1 Å². The second-order valence-corrected chi connectivity index (χ2v) is 7.80. The maximum atomic E-state index is 13.6. The molecular formula is C23H18FN3O5. The van der Waals surface area contributed by atoms with Crippen LogP contribution >= 0.6 is 0 Å². The van der Waals surface area contributed by atoms with Crippen LogP contribution in [0.1, 0.15) is 29.2 Å². The number of likely N-dealkylation sites (tertiary alicyclic amines) is 1. The van der Waals surface area contributed by atoms with E-state index in [9.17, 15) is 23.6 Å². The number of nitrogens with zero attached hydrogens (tertiary/aromatic N) is 2. The van der Waals surface area contributed by atoms with E-state index in [1.165, 1.54) is 23.1 Å². The zero-order valence-electron chi connectivity index (χ0n) is 16.8. The highest BCUT2D eigenvalue weighted by Crippen LogP contribution is 2.22. The quantitative estimate of drug-likeness (QED) is 0.487. The molecule has 0 spiro atoms. The summed E-state index contributed by atoms with van der Waals surface area (Å²) < 4.78 is 19.9. The predicted molar refractivity (Wildman–Crippen MR) is 115 cm³/mol. The van der Waals surface area contributed by atoms with Crippen LogP contribution in [0.4, 0.5) is 4.39 Å². The summed E-state index contributed by atoms with van der Waals surface area (Å²) in [6.45, 7) is 0.506. The number of fused-ring (bicyclic) bond motifs is 2. The van der Waals surface area contributed by atoms with Gasteiger partial charge in [-0.1, -0.05) is 18.2 Å². The fourth-order valence-corrected chi connectivity index (χ4v) is 4.24. The largest absolute Gasteiger partial charge is 0.422 e. The zero-order chi connectivity index (χ0) is 22.4. The third-order valence-electron chi connectivity index (χ3n) is 5.88. The van der Waals surface area contributed by atoms with Gasteiger partial charge in [0.1, 0.15) is 17.0 Å². The number of nitrogens with one attached hydrogen (secondary N) is 1. The Labute approximate surface area is 179 Å². The number of aromatic nitrogens is 2. The summed E-state index contributed by atoms with van der Waals surface area (Å²) in [5.41, 5.74) is -1.23. The van der Waals surface area contributed by atoms with Gasteiger partial charge in [-0.2, -0.15) is 0 Å². The van der Waals surface area contributed by atoms with Crippen LogP contribution in [0.2, 0.25) is 0 Å². The molecule has 8 nitrogen and oxygen atoms in total. The van der Waals surface area contributed by atoms with Gasteiger partial charge in [-0.3, -0.25) is 14.2 Å². The number of rotatable bonds is 2. The third-order valence-corrected chi connectivity index (χ3v) is 5.88. The van der Waals surface area contributed by atoms with Crippen LogP contribution in [-0.2, 0) is 0 Å². The molecule has 1 aliphatic heterocycles. The lowest BCUT2D eigenvalue weighted by molar-refractivity contribution is 0.0688. The fraction of sp³-hybridized carbons (Fsp3) is 0.217. The monoisotopic (exact) mass is 435 g/mol. The number of aromatic amines is 1. The second-order valence-electron chi connectivity index (χ2n) is 7.80. The Morgan fingerprint density at radius 1 is 1.03 bits per heavy atom. The fourth-order valence-electron chi connectivity index (χ4n) is 4.24. The molecule has 2 aromatic heterocycles. The maximum Gasteiger partial charge on any atom is 0.349 e. The van der Waals surface area contributed by atoms with E-state index >= 15 is 0 Å². The highest BCUT2D eigenvalue weighted by atomic mass is 19.1. The molecule has 4 aromatic rings. The van der Waals surface area contributed by atoms with E-state index in [-0.39, 0.29) is 29.6 Å². The molecular weight excluding hydrogens is 417 g/mol. The lowest BCUT2D eigenvalue weighted by Crippen LogP contribution is -2.45. The molecule has 1 fully saturated rings. The van der Waals surface area contributed by atoms with E-state index in [0.717, 1.165) is 10.6 Å². The smallest absolute Gasteiger partial charge is 0.349 e. The van der Waals surface area contributed by atoms with Crippen LogP contribution < -0.4 is 16.9 Å². The molecule has 5 rings (SSSR count). The zero-order valence-corrected chi connectivity index (χ0v) is 16.8. The van der Waals surface area contributed by atoms with Crippen LogP contribution in [0.5, 0.6) is 0 Å². The van der Waals surface area contributed by atoms with Crippen molar-refractivity contribution in [2.24, 2.45) is 0 Å². The summed E-state index contributed by atoms with van der Waals surface area (Å²) in [6.07, 6.45) is 0.683. The van der Waals surface area contributed by atoms with Gasteiger partial charge in [0.25, 0.3) is 11.5 Å². The molecule has 2 aromatic carbocycles. The summed E-state index contributed by atoms with van der Waals surface area (Å²) in [5, 5.41) is 0.740. The third kappa shape index (κ3) is 3.31. The summed E-state index contributed by atoms with van der Waals surface area (Å²) in [6, 6.07) is 11.6. The summed E-state index contributed by atoms with van der Waals surface area (Å²) in [4.78, 5) is 54.7. The molecule has 0 aliphatic carbocycles. The van der Waals surface area contributed by atoms with Gasteiger partial charge in [-0.25, -0.2) is 14.0 Å². The topological polar surface area (TPSA) is 105 Å². The van der Waals surface area contributed by atoms with Crippen molar-refractivity contribution in [1.29, 1.82) is 0 Å². The number of hydrogen-bond acceptors (Lipinski definition) is 5. The molecule has 3 heterocycles. The van der Waals surface area contributed by atoms with Crippen molar-refractivity contribution in [1.82, 2.24) is 14.5 Å². The molecule has 0 radical (unpaired) electrons. The molecule has 32 heavy (non-hydrogen) atoms. The Morgan fingerprint density at radius 2 is 1.78 bits per heavy atom. The number of amides is 1. The van der Waals surface area contributed by atoms with Gasteiger partial charge >= 0.3 is 11.3 Å². The van der Waals surface area contributed by atoms with Gasteiger partial charge in [-0.05, 0) is 43.2 Å². The van der Waals surface area contributed by atoms with Gasteiger partial charge < -0.3 is 14.3 Å². The van der Waals surface area contributed by atoms with Gasteiger partial charge in [0, 0.05) is 24.5 Å². The second kappa shape index (κ2) is 7.60. The minimum atomic E-state index is -0.708. The number of hydrogen-bond donors (Lipinski definition) is 1. The number of carbonyl (C=O) groups excluding carboxylic acids is 1. The summed E-state index contributed by atoms with van der Waals surface area (Å²) in [7, 11) is 0. The van der Waals surface area contributed by atoms with Gasteiger partial charge in [0.2, 0.25) is 0 Å². The molecule has 1 aliphatic rings. The number of H-pyrrole nitrogens is 1. The minimum Gasteiger partial charge on any atom is -0.422 e. The highest BCUT2D eigenvalue weighted by Gasteiger charge is 2.28. The van der Waals surface area contributed by atoms with Crippen molar-refractivity contribution in [3.05, 3.63) is 91.2 Å². The molecule has 0 atom stereocenters. The first-order valence-electron chi connectivity index (χ1n) is 10.2. The van der Waals surface area contributed by atoms with E-state index in [2.05, 4.69) is 4.98 Å². The van der Waals surface area contributed by atoms with Gasteiger partial charge in [-0.15, -0.1) is 0 Å². The molecule has 0 saturated carbocycles. The van der Waals surface area contributed by atoms with E-state index in [0.29, 0.717) is 23.8 Å². The van der Waals surface area contributed by atoms with Crippen LogP contribution in [0.15, 0.2) is 67.3 Å². The normalized spacial score (nSPS) is 14.8. The summed E-state index contributed by atoms with van der Waals surface area (Å²) >= 11 is 0. The molecule has 9 heteroatoms. The number of benzene rings is 2. The number of carbonyl (C=O) groups is 1. The van der Waals surface area contributed by atoms with Crippen molar-refractivity contribution in [3.8, 4) is 0 Å². The lowest BCUT2D eigenvalue weighted by atomic mass is 10.0. The maximum absolute atomic E-state index is 13.6. The number of para-hydroxylation sites is 1. The van der Waals surface area contributed by atoms with Crippen molar-refractivity contribution >= 4 is 27.8 Å². The molecule has 0 unspecified atom stereocenters. The molecule has 1 N–H and O–H groups in total. The van der Waals surface area contributed by atoms with E-state index in [1.54, 1.807) is 24.3 Å². The first kappa shape index (κ1) is 19.9. The average molecular weight is 435 g/mol. The Hall–Kier alpha value is -4.01. The van der Waals surface area contributed by atoms with Crippen molar-refractivity contribution in [2.45, 2.75) is 18.9 Å². The molecule has 162 valence electrons. The first-order valence-corrected chi connectivity index (χ1v) is 10.2. The average Bonchev–Trinajstić information content (AvgIpc) is 2.79. The molecule has 1 amide bonds. The SMILES string of the molecule is O=C(c1cc2ccccc2oc1=O)N1CCC(n2c(=O)[nH]c3ccc(F)cc3c2=O)CC1. The Morgan fingerprint density at radius 3 is 2.56 bits per heavy atom. The van der Waals surface area contributed by atoms with E-state index in [1.807, 2.05) is 0 Å². The number of halogens is 1. The van der Waals surface area contributed by atoms with Crippen LogP contribution in [0.25, 0.3) is 21.9 Å². The molecule has 1 saturated heterocycles. The first-order chi connectivity index (χ1) is 15.4. The Kier molecular flexibility index (Phi) is 4.73. The van der Waals surface area contributed by atoms with Crippen molar-refractivity contribution < 1.29 is 13.6 Å². The predicted octanol–water partition coefficient (Wildman–Crippen LogP) is 2.41. The van der Waals surface area contributed by atoms with Crippen molar-refractivity contribution in [3.63, 3.8) is 0 Å². The van der Waals surface area contributed by atoms with Crippen LogP contribution in [-0.4, -0.2) is 33.4 Å². The Balaban J connectivity index is 1.41.